The fraction of sp³-hybridized carbons (Fsp3) is 1.00. The molecule has 0 amide bonds. The summed E-state index contributed by atoms with van der Waals surface area (Å²) in [6.07, 6.45) is 2.11. The molecule has 2 aliphatic rings. The van der Waals surface area contributed by atoms with Crippen molar-refractivity contribution in [3.8, 4) is 0 Å². The average molecular weight is 245 g/mol. The van der Waals surface area contributed by atoms with E-state index >= 15 is 0 Å². The van der Waals surface area contributed by atoms with Gasteiger partial charge in [0.05, 0.1) is 13.2 Å². The van der Waals surface area contributed by atoms with Crippen LogP contribution in [0.5, 0.6) is 0 Å². The Kier molecular flexibility index (Phi) is 4.95. The fourth-order valence-corrected chi connectivity index (χ4v) is 3.85. The van der Waals surface area contributed by atoms with Crippen molar-refractivity contribution in [1.29, 1.82) is 0 Å². The Hall–Kier alpha value is 0.230. The fourth-order valence-electron chi connectivity index (χ4n) is 2.46. The van der Waals surface area contributed by atoms with Crippen molar-refractivity contribution in [1.82, 2.24) is 4.90 Å². The third-order valence-electron chi connectivity index (χ3n) is 3.07. The van der Waals surface area contributed by atoms with Crippen molar-refractivity contribution in [2.45, 2.75) is 43.5 Å². The normalized spacial score (nSPS) is 34.1. The molecule has 0 aromatic heterocycles. The molecule has 0 radical (unpaired) electrons. The summed E-state index contributed by atoms with van der Waals surface area (Å²) in [4.78, 5) is 2.55. The minimum absolute atomic E-state index is 0.0499. The molecule has 16 heavy (non-hydrogen) atoms. The quantitative estimate of drug-likeness (QED) is 0.758. The molecule has 0 aromatic carbocycles. The van der Waals surface area contributed by atoms with Gasteiger partial charge in [-0.3, -0.25) is 0 Å². The summed E-state index contributed by atoms with van der Waals surface area (Å²) in [6, 6.07) is 0. The molecular weight excluding hydrogens is 222 g/mol. The Morgan fingerprint density at radius 1 is 1.12 bits per heavy atom. The lowest BCUT2D eigenvalue weighted by atomic mass is 10.3. The van der Waals surface area contributed by atoms with E-state index in [4.69, 9.17) is 9.47 Å². The topological polar surface area (TPSA) is 21.7 Å². The summed E-state index contributed by atoms with van der Waals surface area (Å²) < 4.78 is 11.1. The van der Waals surface area contributed by atoms with Gasteiger partial charge in [-0.25, -0.2) is 0 Å². The molecule has 2 aliphatic heterocycles. The first kappa shape index (κ1) is 12.7. The van der Waals surface area contributed by atoms with Gasteiger partial charge < -0.3 is 14.4 Å². The standard InChI is InChI=1S/C12H23NO2S/c1-10-8-13(9-11(2)16-10)5-4-12-14-6-3-7-15-12/h10-12H,3-9H2,1-2H3. The molecule has 2 heterocycles. The van der Waals surface area contributed by atoms with Crippen LogP contribution in [0.1, 0.15) is 26.7 Å². The third-order valence-corrected chi connectivity index (χ3v) is 4.30. The SMILES string of the molecule is CC1CN(CCC2OCCCO2)CC(C)S1. The minimum atomic E-state index is 0.0499. The zero-order chi connectivity index (χ0) is 11.4. The number of nitrogens with zero attached hydrogens (tertiary/aromatic N) is 1. The molecule has 0 N–H and O–H groups in total. The van der Waals surface area contributed by atoms with Gasteiger partial charge in [0.1, 0.15) is 0 Å². The van der Waals surface area contributed by atoms with E-state index in [0.29, 0.717) is 0 Å². The van der Waals surface area contributed by atoms with Crippen molar-refractivity contribution in [3.05, 3.63) is 0 Å². The Labute approximate surface area is 103 Å². The number of rotatable bonds is 3. The number of hydrogen-bond donors (Lipinski definition) is 0. The predicted octanol–water partition coefficient (Wildman–Crippen LogP) is 1.97. The molecule has 2 rings (SSSR count). The molecule has 2 atom stereocenters. The van der Waals surface area contributed by atoms with E-state index < -0.39 is 0 Å². The Balaban J connectivity index is 1.68. The summed E-state index contributed by atoms with van der Waals surface area (Å²) in [5, 5.41) is 1.52. The molecule has 0 aromatic rings. The van der Waals surface area contributed by atoms with Crippen LogP contribution in [0.25, 0.3) is 0 Å². The first-order valence-corrected chi connectivity index (χ1v) is 7.29. The van der Waals surface area contributed by atoms with Crippen LogP contribution in [0, 0.1) is 0 Å². The van der Waals surface area contributed by atoms with Crippen LogP contribution in [0.3, 0.4) is 0 Å². The first-order chi connectivity index (χ1) is 7.74. The van der Waals surface area contributed by atoms with Gasteiger partial charge in [0.2, 0.25) is 0 Å². The van der Waals surface area contributed by atoms with Crippen molar-refractivity contribution >= 4 is 11.8 Å². The second-order valence-electron chi connectivity index (χ2n) is 4.83. The van der Waals surface area contributed by atoms with Crippen LogP contribution in [0.4, 0.5) is 0 Å². The predicted molar refractivity (Wildman–Crippen MR) is 67.9 cm³/mol. The largest absolute Gasteiger partial charge is 0.353 e. The highest BCUT2D eigenvalue weighted by Gasteiger charge is 2.23. The van der Waals surface area contributed by atoms with Crippen LogP contribution in [0.15, 0.2) is 0 Å². The smallest absolute Gasteiger partial charge is 0.158 e. The minimum Gasteiger partial charge on any atom is -0.353 e. The highest BCUT2D eigenvalue weighted by molar-refractivity contribution is 8.00. The zero-order valence-corrected chi connectivity index (χ0v) is 11.2. The van der Waals surface area contributed by atoms with Crippen molar-refractivity contribution in [2.75, 3.05) is 32.8 Å². The van der Waals surface area contributed by atoms with E-state index in [1.807, 2.05) is 0 Å². The maximum absolute atomic E-state index is 5.57. The van der Waals surface area contributed by atoms with Crippen molar-refractivity contribution < 1.29 is 9.47 Å². The third kappa shape index (κ3) is 3.91. The van der Waals surface area contributed by atoms with Gasteiger partial charge in [0.15, 0.2) is 6.29 Å². The van der Waals surface area contributed by atoms with Gasteiger partial charge >= 0.3 is 0 Å². The summed E-state index contributed by atoms with van der Waals surface area (Å²) >= 11 is 2.10. The summed E-state index contributed by atoms with van der Waals surface area (Å²) in [7, 11) is 0. The Morgan fingerprint density at radius 2 is 1.75 bits per heavy atom. The van der Waals surface area contributed by atoms with Gasteiger partial charge in [-0.15, -0.1) is 0 Å². The van der Waals surface area contributed by atoms with Gasteiger partial charge in [-0.1, -0.05) is 13.8 Å². The Morgan fingerprint density at radius 3 is 2.38 bits per heavy atom. The molecule has 0 bridgehead atoms. The molecule has 0 aliphatic carbocycles. The maximum Gasteiger partial charge on any atom is 0.158 e. The van der Waals surface area contributed by atoms with Crippen molar-refractivity contribution in [3.63, 3.8) is 0 Å². The molecular formula is C12H23NO2S. The molecule has 0 saturated carbocycles. The van der Waals surface area contributed by atoms with Gasteiger partial charge in [-0.2, -0.15) is 11.8 Å². The lowest BCUT2D eigenvalue weighted by Gasteiger charge is -2.35. The van der Waals surface area contributed by atoms with Gasteiger partial charge in [0.25, 0.3) is 0 Å². The van der Waals surface area contributed by atoms with E-state index in [2.05, 4.69) is 30.5 Å². The number of ether oxygens (including phenoxy) is 2. The molecule has 3 nitrogen and oxygen atoms in total. The Bertz CT molecular complexity index is 199. The summed E-state index contributed by atoms with van der Waals surface area (Å²) in [6.45, 7) is 9.91. The van der Waals surface area contributed by atoms with Crippen LogP contribution in [-0.4, -0.2) is 54.5 Å². The lowest BCUT2D eigenvalue weighted by molar-refractivity contribution is -0.182. The molecule has 2 unspecified atom stereocenters. The number of hydrogen-bond acceptors (Lipinski definition) is 4. The van der Waals surface area contributed by atoms with E-state index in [-0.39, 0.29) is 6.29 Å². The van der Waals surface area contributed by atoms with Crippen LogP contribution in [0.2, 0.25) is 0 Å². The molecule has 4 heteroatoms. The second kappa shape index (κ2) is 6.24. The highest BCUT2D eigenvalue weighted by atomic mass is 32.2. The summed E-state index contributed by atoms with van der Waals surface area (Å²) in [5.74, 6) is 0. The average Bonchev–Trinajstić information content (AvgIpc) is 2.27. The molecule has 0 spiro atoms. The van der Waals surface area contributed by atoms with E-state index in [9.17, 15) is 0 Å². The van der Waals surface area contributed by atoms with E-state index in [1.165, 1.54) is 13.1 Å². The van der Waals surface area contributed by atoms with Crippen molar-refractivity contribution in [2.24, 2.45) is 0 Å². The first-order valence-electron chi connectivity index (χ1n) is 6.35. The zero-order valence-electron chi connectivity index (χ0n) is 10.4. The monoisotopic (exact) mass is 245 g/mol. The van der Waals surface area contributed by atoms with E-state index in [0.717, 1.165) is 43.1 Å². The highest BCUT2D eigenvalue weighted by Crippen LogP contribution is 2.25. The van der Waals surface area contributed by atoms with Crippen LogP contribution in [-0.2, 0) is 9.47 Å². The van der Waals surface area contributed by atoms with E-state index in [1.54, 1.807) is 0 Å². The van der Waals surface area contributed by atoms with Gasteiger partial charge in [0, 0.05) is 36.6 Å². The second-order valence-corrected chi connectivity index (χ2v) is 6.71. The molecule has 94 valence electrons. The maximum atomic E-state index is 5.57. The van der Waals surface area contributed by atoms with Crippen LogP contribution < -0.4 is 0 Å². The molecule has 2 saturated heterocycles. The lowest BCUT2D eigenvalue weighted by Crippen LogP contribution is -2.42. The van der Waals surface area contributed by atoms with Crippen LogP contribution >= 0.6 is 11.8 Å². The summed E-state index contributed by atoms with van der Waals surface area (Å²) in [5.41, 5.74) is 0. The molecule has 2 fully saturated rings. The number of thioether (sulfide) groups is 1. The van der Waals surface area contributed by atoms with Gasteiger partial charge in [-0.05, 0) is 6.42 Å².